The smallest absolute Gasteiger partial charge is 0.227 e. The summed E-state index contributed by atoms with van der Waals surface area (Å²) in [5, 5.41) is 0. The third-order valence-corrected chi connectivity index (χ3v) is 4.16. The van der Waals surface area contributed by atoms with Crippen molar-refractivity contribution in [2.75, 3.05) is 19.0 Å². The van der Waals surface area contributed by atoms with Crippen molar-refractivity contribution >= 4 is 16.8 Å². The minimum absolute atomic E-state index is 0.630. The summed E-state index contributed by atoms with van der Waals surface area (Å²) < 4.78 is 5.80. The molecule has 0 aliphatic heterocycles. The predicted molar refractivity (Wildman–Crippen MR) is 106 cm³/mol. The van der Waals surface area contributed by atoms with Gasteiger partial charge in [-0.2, -0.15) is 0 Å². The summed E-state index contributed by atoms with van der Waals surface area (Å²) in [6, 6.07) is 24.0. The molecule has 0 bridgehead atoms. The van der Waals surface area contributed by atoms with E-state index in [1.807, 2.05) is 74.8 Å². The zero-order valence-electron chi connectivity index (χ0n) is 14.7. The molecule has 0 fully saturated rings. The zero-order chi connectivity index (χ0) is 17.9. The fraction of sp³-hybridized carbons (Fsp3) is 0.0870. The van der Waals surface area contributed by atoms with Crippen LogP contribution in [0.1, 0.15) is 11.1 Å². The number of hydrogen-bond acceptors (Lipinski definition) is 3. The van der Waals surface area contributed by atoms with Gasteiger partial charge in [-0.1, -0.05) is 24.0 Å². The maximum absolute atomic E-state index is 5.80. The molecule has 0 amide bonds. The first-order valence-electron chi connectivity index (χ1n) is 8.44. The van der Waals surface area contributed by atoms with Crippen molar-refractivity contribution in [3.8, 4) is 23.3 Å². The first kappa shape index (κ1) is 16.0. The monoisotopic (exact) mass is 338 g/mol. The van der Waals surface area contributed by atoms with Gasteiger partial charge in [0.05, 0.1) is 0 Å². The molecule has 0 radical (unpaired) electrons. The van der Waals surface area contributed by atoms with Crippen LogP contribution in [-0.4, -0.2) is 19.1 Å². The lowest BCUT2D eigenvalue weighted by atomic mass is 10.1. The molecule has 3 nitrogen and oxygen atoms in total. The summed E-state index contributed by atoms with van der Waals surface area (Å²) in [6.45, 7) is 0. The lowest BCUT2D eigenvalue weighted by Gasteiger charge is -2.11. The first-order chi connectivity index (χ1) is 12.7. The largest absolute Gasteiger partial charge is 0.436 e. The van der Waals surface area contributed by atoms with Crippen molar-refractivity contribution in [1.82, 2.24) is 4.98 Å². The number of benzene rings is 3. The molecule has 26 heavy (non-hydrogen) atoms. The molecular weight excluding hydrogens is 320 g/mol. The van der Waals surface area contributed by atoms with Crippen molar-refractivity contribution in [3.63, 3.8) is 0 Å². The Hall–Kier alpha value is -3.51. The Labute approximate surface area is 152 Å². The lowest BCUT2D eigenvalue weighted by molar-refractivity contribution is 0.620. The van der Waals surface area contributed by atoms with Gasteiger partial charge in [-0.25, -0.2) is 4.98 Å². The van der Waals surface area contributed by atoms with E-state index in [-0.39, 0.29) is 0 Å². The molecule has 0 aliphatic carbocycles. The fourth-order valence-corrected chi connectivity index (χ4v) is 2.68. The van der Waals surface area contributed by atoms with Gasteiger partial charge < -0.3 is 9.32 Å². The highest BCUT2D eigenvalue weighted by atomic mass is 16.3. The van der Waals surface area contributed by atoms with Gasteiger partial charge in [0.25, 0.3) is 0 Å². The zero-order valence-corrected chi connectivity index (χ0v) is 14.7. The summed E-state index contributed by atoms with van der Waals surface area (Å²) in [7, 11) is 4.05. The third kappa shape index (κ3) is 3.31. The molecule has 4 rings (SSSR count). The summed E-state index contributed by atoms with van der Waals surface area (Å²) in [5.74, 6) is 7.03. The number of oxazole rings is 1. The minimum atomic E-state index is 0.630. The van der Waals surface area contributed by atoms with Crippen molar-refractivity contribution < 1.29 is 4.42 Å². The molecule has 1 heterocycles. The Morgan fingerprint density at radius 3 is 2.00 bits per heavy atom. The number of anilines is 1. The molecule has 0 saturated heterocycles. The molecule has 0 N–H and O–H groups in total. The van der Waals surface area contributed by atoms with Crippen LogP contribution in [0.2, 0.25) is 0 Å². The van der Waals surface area contributed by atoms with Crippen LogP contribution >= 0.6 is 0 Å². The second-order valence-electron chi connectivity index (χ2n) is 6.26. The first-order valence-corrected chi connectivity index (χ1v) is 8.44. The molecule has 3 heteroatoms. The van der Waals surface area contributed by atoms with Crippen LogP contribution in [0, 0.1) is 11.8 Å². The number of hydrogen-bond donors (Lipinski definition) is 0. The summed E-state index contributed by atoms with van der Waals surface area (Å²) in [5.41, 5.74) is 5.74. The maximum Gasteiger partial charge on any atom is 0.227 e. The van der Waals surface area contributed by atoms with E-state index in [2.05, 4.69) is 33.9 Å². The van der Waals surface area contributed by atoms with Crippen LogP contribution in [0.3, 0.4) is 0 Å². The van der Waals surface area contributed by atoms with Crippen molar-refractivity contribution in [3.05, 3.63) is 83.9 Å². The highest BCUT2D eigenvalue weighted by Crippen LogP contribution is 2.24. The number of rotatable bonds is 2. The van der Waals surface area contributed by atoms with Crippen LogP contribution < -0.4 is 4.90 Å². The summed E-state index contributed by atoms with van der Waals surface area (Å²) in [4.78, 5) is 6.59. The molecule has 4 aromatic rings. The molecule has 126 valence electrons. The molecule has 3 aromatic carbocycles. The summed E-state index contributed by atoms with van der Waals surface area (Å²) in [6.07, 6.45) is 0. The van der Waals surface area contributed by atoms with Gasteiger partial charge in [0.1, 0.15) is 5.52 Å². The molecule has 0 atom stereocenters. The quantitative estimate of drug-likeness (QED) is 0.484. The van der Waals surface area contributed by atoms with Crippen molar-refractivity contribution in [1.29, 1.82) is 0 Å². The lowest BCUT2D eigenvalue weighted by Crippen LogP contribution is -2.07. The molecule has 0 unspecified atom stereocenters. The second kappa shape index (κ2) is 6.78. The molecule has 0 saturated carbocycles. The van der Waals surface area contributed by atoms with Crippen LogP contribution in [-0.2, 0) is 0 Å². The number of para-hydroxylation sites is 2. The van der Waals surface area contributed by atoms with Gasteiger partial charge in [-0.15, -0.1) is 0 Å². The van der Waals surface area contributed by atoms with E-state index in [0.29, 0.717) is 5.89 Å². The topological polar surface area (TPSA) is 29.3 Å². The van der Waals surface area contributed by atoms with Crippen LogP contribution in [0.25, 0.3) is 22.6 Å². The van der Waals surface area contributed by atoms with Gasteiger partial charge in [-0.3, -0.25) is 0 Å². The maximum atomic E-state index is 5.80. The van der Waals surface area contributed by atoms with Gasteiger partial charge in [-0.05, 0) is 60.7 Å². The van der Waals surface area contributed by atoms with Gasteiger partial charge in [0.15, 0.2) is 5.58 Å². The van der Waals surface area contributed by atoms with Gasteiger partial charge >= 0.3 is 0 Å². The highest BCUT2D eigenvalue weighted by Gasteiger charge is 2.07. The third-order valence-electron chi connectivity index (χ3n) is 4.16. The molecule has 0 aliphatic rings. The predicted octanol–water partition coefficient (Wildman–Crippen LogP) is 4.96. The average Bonchev–Trinajstić information content (AvgIpc) is 3.11. The van der Waals surface area contributed by atoms with Crippen LogP contribution in [0.15, 0.2) is 77.2 Å². The van der Waals surface area contributed by atoms with Crippen molar-refractivity contribution in [2.45, 2.75) is 0 Å². The Morgan fingerprint density at radius 2 is 1.38 bits per heavy atom. The molecule has 0 spiro atoms. The average molecular weight is 338 g/mol. The van der Waals surface area contributed by atoms with E-state index >= 15 is 0 Å². The van der Waals surface area contributed by atoms with E-state index in [1.165, 1.54) is 5.69 Å². The Balaban J connectivity index is 1.54. The summed E-state index contributed by atoms with van der Waals surface area (Å²) >= 11 is 0. The normalized spacial score (nSPS) is 10.4. The molecule has 1 aromatic heterocycles. The highest BCUT2D eigenvalue weighted by molar-refractivity contribution is 5.76. The van der Waals surface area contributed by atoms with Crippen LogP contribution in [0.5, 0.6) is 0 Å². The van der Waals surface area contributed by atoms with Gasteiger partial charge in [0, 0.05) is 36.5 Å². The number of fused-ring (bicyclic) bond motifs is 1. The second-order valence-corrected chi connectivity index (χ2v) is 6.26. The van der Waals surface area contributed by atoms with E-state index in [0.717, 1.165) is 27.8 Å². The SMILES string of the molecule is CN(C)c1ccc(C#Cc2ccc(-c3nc4ccccc4o3)cc2)cc1. The van der Waals surface area contributed by atoms with Crippen molar-refractivity contribution in [2.24, 2.45) is 0 Å². The minimum Gasteiger partial charge on any atom is -0.436 e. The Bertz CT molecular complexity index is 1060. The van der Waals surface area contributed by atoms with E-state index in [1.54, 1.807) is 0 Å². The standard InChI is InChI=1S/C23H18N2O/c1-25(2)20-15-11-18(12-16-20)8-7-17-9-13-19(14-10-17)23-24-21-5-3-4-6-22(21)26-23/h3-6,9-16H,1-2H3. The van der Waals surface area contributed by atoms with E-state index in [9.17, 15) is 0 Å². The van der Waals surface area contributed by atoms with Crippen LogP contribution in [0.4, 0.5) is 5.69 Å². The Morgan fingerprint density at radius 1 is 0.769 bits per heavy atom. The Kier molecular flexibility index (Phi) is 4.17. The molecular formula is C23H18N2O. The number of nitrogens with zero attached hydrogens (tertiary/aromatic N) is 2. The fourth-order valence-electron chi connectivity index (χ4n) is 2.68. The van der Waals surface area contributed by atoms with Gasteiger partial charge in [0.2, 0.25) is 5.89 Å². The number of aromatic nitrogens is 1. The van der Waals surface area contributed by atoms with E-state index < -0.39 is 0 Å². The van der Waals surface area contributed by atoms with E-state index in [4.69, 9.17) is 4.42 Å².